The summed E-state index contributed by atoms with van der Waals surface area (Å²) in [6.45, 7) is 4.06. The highest BCUT2D eigenvalue weighted by Crippen LogP contribution is 2.13. The second kappa shape index (κ2) is 6.05. The molecule has 0 aliphatic carbocycles. The Bertz CT molecular complexity index is 211. The third kappa shape index (κ3) is 4.33. The van der Waals surface area contributed by atoms with Gasteiger partial charge in [0.2, 0.25) is 0 Å². The molecule has 4 heteroatoms. The van der Waals surface area contributed by atoms with Crippen molar-refractivity contribution in [3.63, 3.8) is 0 Å². The first-order chi connectivity index (χ1) is 6.33. The van der Waals surface area contributed by atoms with E-state index in [1.54, 1.807) is 0 Å². The smallest absolute Gasteiger partial charge is 0.0946 e. The van der Waals surface area contributed by atoms with E-state index in [1.165, 1.54) is 0 Å². The van der Waals surface area contributed by atoms with Crippen molar-refractivity contribution in [1.82, 2.24) is 9.55 Å². The Kier molecular flexibility index (Phi) is 4.93. The van der Waals surface area contributed by atoms with E-state index in [0.717, 1.165) is 25.3 Å². The second-order valence-corrected chi connectivity index (χ2v) is 4.61. The van der Waals surface area contributed by atoms with Gasteiger partial charge in [-0.1, -0.05) is 6.92 Å². The maximum absolute atomic E-state index is 5.47. The zero-order valence-corrected chi connectivity index (χ0v) is 8.83. The van der Waals surface area contributed by atoms with E-state index in [-0.39, 0.29) is 0 Å². The minimum Gasteiger partial charge on any atom is -0.337 e. The molecule has 0 aliphatic rings. The van der Waals surface area contributed by atoms with Gasteiger partial charge >= 0.3 is 0 Å². The van der Waals surface area contributed by atoms with Crippen LogP contribution in [-0.2, 0) is 6.54 Å². The molecule has 0 bridgehead atoms. The molecule has 0 aliphatic heterocycles. The van der Waals surface area contributed by atoms with E-state index >= 15 is 0 Å². The van der Waals surface area contributed by atoms with Crippen LogP contribution < -0.4 is 5.73 Å². The first-order valence-electron chi connectivity index (χ1n) is 4.60. The number of aryl methyl sites for hydroxylation is 1. The molecule has 1 aromatic heterocycles. The summed E-state index contributed by atoms with van der Waals surface area (Å²) >= 11 is 1.97. The molecule has 1 heterocycles. The normalized spacial score (nSPS) is 13.1. The van der Waals surface area contributed by atoms with E-state index in [4.69, 9.17) is 5.73 Å². The summed E-state index contributed by atoms with van der Waals surface area (Å²) in [6, 6.07) is 0. The molecular formula is C9H17N3S. The fourth-order valence-corrected chi connectivity index (χ4v) is 2.12. The van der Waals surface area contributed by atoms with E-state index in [2.05, 4.69) is 16.5 Å². The van der Waals surface area contributed by atoms with Crippen molar-refractivity contribution in [2.24, 2.45) is 5.73 Å². The average Bonchev–Trinajstić information content (AvgIpc) is 2.57. The molecule has 3 nitrogen and oxygen atoms in total. The molecule has 1 rings (SSSR count). The van der Waals surface area contributed by atoms with Crippen LogP contribution in [0.4, 0.5) is 0 Å². The van der Waals surface area contributed by atoms with Gasteiger partial charge in [0.05, 0.1) is 6.33 Å². The molecule has 0 fully saturated rings. The summed E-state index contributed by atoms with van der Waals surface area (Å²) in [5, 5.41) is 0.675. The summed E-state index contributed by atoms with van der Waals surface area (Å²) in [4.78, 5) is 3.99. The van der Waals surface area contributed by atoms with Crippen LogP contribution in [0.25, 0.3) is 0 Å². The van der Waals surface area contributed by atoms with Crippen LogP contribution >= 0.6 is 11.8 Å². The lowest BCUT2D eigenvalue weighted by molar-refractivity contribution is 0.763. The summed E-state index contributed by atoms with van der Waals surface area (Å²) < 4.78 is 2.10. The topological polar surface area (TPSA) is 43.8 Å². The zero-order valence-electron chi connectivity index (χ0n) is 8.02. The average molecular weight is 199 g/mol. The molecule has 0 saturated heterocycles. The number of nitrogens with two attached hydrogens (primary N) is 1. The first-order valence-corrected chi connectivity index (χ1v) is 5.65. The molecule has 0 amide bonds. The molecule has 1 atom stereocenters. The van der Waals surface area contributed by atoms with E-state index in [9.17, 15) is 0 Å². The molecule has 0 saturated carbocycles. The monoisotopic (exact) mass is 199 g/mol. The summed E-state index contributed by atoms with van der Waals surface area (Å²) in [5.74, 6) is 1.14. The van der Waals surface area contributed by atoms with E-state index in [1.807, 2.05) is 30.5 Å². The summed E-state index contributed by atoms with van der Waals surface area (Å²) in [5.41, 5.74) is 5.47. The van der Waals surface area contributed by atoms with Crippen molar-refractivity contribution in [3.8, 4) is 0 Å². The molecule has 0 radical (unpaired) electrons. The molecule has 1 unspecified atom stereocenters. The second-order valence-electron chi connectivity index (χ2n) is 3.06. The lowest BCUT2D eigenvalue weighted by atomic mass is 10.3. The largest absolute Gasteiger partial charge is 0.337 e. The fourth-order valence-electron chi connectivity index (χ4n) is 1.10. The molecule has 0 aromatic carbocycles. The lowest BCUT2D eigenvalue weighted by Gasteiger charge is -2.09. The van der Waals surface area contributed by atoms with Crippen LogP contribution in [-0.4, -0.2) is 27.1 Å². The van der Waals surface area contributed by atoms with Crippen molar-refractivity contribution in [2.45, 2.75) is 25.1 Å². The minimum atomic E-state index is 0.675. The van der Waals surface area contributed by atoms with Gasteiger partial charge in [-0.25, -0.2) is 4.98 Å². The predicted octanol–water partition coefficient (Wildman–Crippen LogP) is 1.35. The molecule has 1 aromatic rings. The summed E-state index contributed by atoms with van der Waals surface area (Å²) in [6.07, 6.45) is 6.77. The van der Waals surface area contributed by atoms with Gasteiger partial charge in [-0.3, -0.25) is 0 Å². The Morgan fingerprint density at radius 1 is 1.62 bits per heavy atom. The zero-order chi connectivity index (χ0) is 9.52. The maximum atomic E-state index is 5.47. The van der Waals surface area contributed by atoms with Crippen LogP contribution in [0, 0.1) is 0 Å². The van der Waals surface area contributed by atoms with Gasteiger partial charge in [0.25, 0.3) is 0 Å². The van der Waals surface area contributed by atoms with Crippen molar-refractivity contribution in [3.05, 3.63) is 18.7 Å². The number of nitrogens with zero attached hydrogens (tertiary/aromatic N) is 2. The lowest BCUT2D eigenvalue weighted by Crippen LogP contribution is -2.09. The van der Waals surface area contributed by atoms with Gasteiger partial charge in [-0.2, -0.15) is 11.8 Å². The van der Waals surface area contributed by atoms with Crippen molar-refractivity contribution in [1.29, 1.82) is 0 Å². The van der Waals surface area contributed by atoms with E-state index in [0.29, 0.717) is 5.25 Å². The molecule has 13 heavy (non-hydrogen) atoms. The van der Waals surface area contributed by atoms with Crippen molar-refractivity contribution < 1.29 is 0 Å². The first kappa shape index (κ1) is 10.6. The van der Waals surface area contributed by atoms with Crippen LogP contribution in [0.1, 0.15) is 13.3 Å². The Morgan fingerprint density at radius 3 is 3.08 bits per heavy atom. The Labute approximate surface area is 83.7 Å². The number of aromatic nitrogens is 2. The summed E-state index contributed by atoms with van der Waals surface area (Å²) in [7, 11) is 0. The van der Waals surface area contributed by atoms with Gasteiger partial charge in [0.15, 0.2) is 0 Å². The Balaban J connectivity index is 2.07. The van der Waals surface area contributed by atoms with Crippen LogP contribution in [0.5, 0.6) is 0 Å². The van der Waals surface area contributed by atoms with Gasteiger partial charge in [0, 0.05) is 29.9 Å². The number of imidazole rings is 1. The minimum absolute atomic E-state index is 0.675. The SMILES string of the molecule is CC(CCN)SCCn1ccnc1. The molecule has 0 spiro atoms. The molecule has 74 valence electrons. The highest BCUT2D eigenvalue weighted by Gasteiger charge is 2.00. The number of thioether (sulfide) groups is 1. The Morgan fingerprint density at radius 2 is 2.46 bits per heavy atom. The highest BCUT2D eigenvalue weighted by molar-refractivity contribution is 7.99. The molecule has 2 N–H and O–H groups in total. The Hall–Kier alpha value is -0.480. The van der Waals surface area contributed by atoms with Crippen molar-refractivity contribution in [2.75, 3.05) is 12.3 Å². The van der Waals surface area contributed by atoms with E-state index < -0.39 is 0 Å². The third-order valence-electron chi connectivity index (χ3n) is 1.88. The van der Waals surface area contributed by atoms with Gasteiger partial charge < -0.3 is 10.3 Å². The van der Waals surface area contributed by atoms with Gasteiger partial charge in [-0.15, -0.1) is 0 Å². The van der Waals surface area contributed by atoms with Gasteiger partial charge in [-0.05, 0) is 13.0 Å². The van der Waals surface area contributed by atoms with Gasteiger partial charge in [0.1, 0.15) is 0 Å². The predicted molar refractivity (Wildman–Crippen MR) is 57.8 cm³/mol. The number of hydrogen-bond acceptors (Lipinski definition) is 3. The standard InChI is InChI=1S/C9H17N3S/c1-9(2-3-10)13-7-6-12-5-4-11-8-12/h4-5,8-9H,2-3,6-7,10H2,1H3. The molecular weight excluding hydrogens is 182 g/mol. The van der Waals surface area contributed by atoms with Crippen LogP contribution in [0.2, 0.25) is 0 Å². The number of rotatable bonds is 6. The number of hydrogen-bond donors (Lipinski definition) is 1. The highest BCUT2D eigenvalue weighted by atomic mass is 32.2. The fraction of sp³-hybridized carbons (Fsp3) is 0.667. The third-order valence-corrected chi connectivity index (χ3v) is 3.11. The van der Waals surface area contributed by atoms with Crippen molar-refractivity contribution >= 4 is 11.8 Å². The maximum Gasteiger partial charge on any atom is 0.0946 e. The van der Waals surface area contributed by atoms with Crippen LogP contribution in [0.3, 0.4) is 0 Å². The van der Waals surface area contributed by atoms with Crippen LogP contribution in [0.15, 0.2) is 18.7 Å². The quantitative estimate of drug-likeness (QED) is 0.752.